The number of rotatable bonds is 3. The minimum Gasteiger partial charge on any atom is -0.398 e. The standard InChI is InChI=1S/C12H18N2O3S/c1-9-2-3-10(8-12(9)13)14-18(15,16)11-4-6-17-7-5-11/h2-3,8,11,14H,4-7,13H2,1H3. The number of nitrogens with one attached hydrogen (secondary N) is 1. The molecule has 5 nitrogen and oxygen atoms in total. The molecular formula is C12H18N2O3S. The van der Waals surface area contributed by atoms with E-state index in [9.17, 15) is 8.42 Å². The summed E-state index contributed by atoms with van der Waals surface area (Å²) in [5.41, 5.74) is 7.80. The number of hydrogen-bond acceptors (Lipinski definition) is 4. The van der Waals surface area contributed by atoms with Gasteiger partial charge in [0.2, 0.25) is 10.0 Å². The Balaban J connectivity index is 2.13. The molecule has 0 aromatic heterocycles. The van der Waals surface area contributed by atoms with Crippen LogP contribution < -0.4 is 10.5 Å². The monoisotopic (exact) mass is 270 g/mol. The normalized spacial score (nSPS) is 17.6. The second-order valence-corrected chi connectivity index (χ2v) is 6.49. The molecule has 2 rings (SSSR count). The van der Waals surface area contributed by atoms with Crippen molar-refractivity contribution < 1.29 is 13.2 Å². The number of sulfonamides is 1. The van der Waals surface area contributed by atoms with Crippen LogP contribution in [0.2, 0.25) is 0 Å². The highest BCUT2D eigenvalue weighted by Gasteiger charge is 2.27. The highest BCUT2D eigenvalue weighted by Crippen LogP contribution is 2.22. The van der Waals surface area contributed by atoms with Gasteiger partial charge in [-0.1, -0.05) is 6.07 Å². The van der Waals surface area contributed by atoms with E-state index in [1.165, 1.54) is 0 Å². The minimum absolute atomic E-state index is 0.381. The summed E-state index contributed by atoms with van der Waals surface area (Å²) in [6.45, 7) is 2.88. The van der Waals surface area contributed by atoms with Crippen molar-refractivity contribution in [2.75, 3.05) is 23.7 Å². The lowest BCUT2D eigenvalue weighted by atomic mass is 10.2. The van der Waals surface area contributed by atoms with Crippen LogP contribution in [0.1, 0.15) is 18.4 Å². The molecule has 1 heterocycles. The quantitative estimate of drug-likeness (QED) is 0.815. The molecule has 0 amide bonds. The molecule has 0 aliphatic carbocycles. The van der Waals surface area contributed by atoms with Crippen LogP contribution in [0.5, 0.6) is 0 Å². The highest BCUT2D eigenvalue weighted by molar-refractivity contribution is 7.93. The number of nitrogens with two attached hydrogens (primary N) is 1. The van der Waals surface area contributed by atoms with Crippen molar-refractivity contribution in [2.45, 2.75) is 25.0 Å². The Morgan fingerprint density at radius 3 is 2.61 bits per heavy atom. The predicted octanol–water partition coefficient (Wildman–Crippen LogP) is 1.50. The second kappa shape index (κ2) is 5.16. The Kier molecular flexibility index (Phi) is 3.77. The van der Waals surface area contributed by atoms with Crippen molar-refractivity contribution in [3.63, 3.8) is 0 Å². The minimum atomic E-state index is -3.35. The molecule has 1 aliphatic rings. The third-order valence-corrected chi connectivity index (χ3v) is 5.02. The molecule has 0 atom stereocenters. The van der Waals surface area contributed by atoms with Crippen LogP contribution in [0.15, 0.2) is 18.2 Å². The number of aryl methyl sites for hydroxylation is 1. The molecule has 0 radical (unpaired) electrons. The summed E-state index contributed by atoms with van der Waals surface area (Å²) in [4.78, 5) is 0. The largest absolute Gasteiger partial charge is 0.398 e. The van der Waals surface area contributed by atoms with Crippen molar-refractivity contribution in [3.8, 4) is 0 Å². The highest BCUT2D eigenvalue weighted by atomic mass is 32.2. The van der Waals surface area contributed by atoms with Crippen LogP contribution in [-0.2, 0) is 14.8 Å². The summed E-state index contributed by atoms with van der Waals surface area (Å²) in [6.07, 6.45) is 1.08. The van der Waals surface area contributed by atoms with Crippen molar-refractivity contribution in [3.05, 3.63) is 23.8 Å². The number of anilines is 2. The van der Waals surface area contributed by atoms with Gasteiger partial charge in [-0.3, -0.25) is 4.72 Å². The fourth-order valence-corrected chi connectivity index (χ4v) is 3.37. The lowest BCUT2D eigenvalue weighted by Crippen LogP contribution is -2.33. The SMILES string of the molecule is Cc1ccc(NS(=O)(=O)C2CCOCC2)cc1N. The predicted molar refractivity (Wildman–Crippen MR) is 72.0 cm³/mol. The number of hydrogen-bond donors (Lipinski definition) is 2. The lowest BCUT2D eigenvalue weighted by Gasteiger charge is -2.22. The van der Waals surface area contributed by atoms with Gasteiger partial charge in [0.05, 0.1) is 10.9 Å². The summed E-state index contributed by atoms with van der Waals surface area (Å²) < 4.78 is 32.0. The molecule has 100 valence electrons. The average molecular weight is 270 g/mol. The Morgan fingerprint density at radius 1 is 1.33 bits per heavy atom. The van der Waals surface area contributed by atoms with Crippen molar-refractivity contribution in [1.82, 2.24) is 0 Å². The smallest absolute Gasteiger partial charge is 0.235 e. The van der Waals surface area contributed by atoms with Crippen LogP contribution in [0.25, 0.3) is 0 Å². The van der Waals surface area contributed by atoms with E-state index >= 15 is 0 Å². The van der Waals surface area contributed by atoms with Gasteiger partial charge in [0.15, 0.2) is 0 Å². The van der Waals surface area contributed by atoms with Crippen LogP contribution in [0, 0.1) is 6.92 Å². The third-order valence-electron chi connectivity index (χ3n) is 3.15. The van der Waals surface area contributed by atoms with Gasteiger partial charge in [0.25, 0.3) is 0 Å². The van der Waals surface area contributed by atoms with Crippen molar-refractivity contribution in [2.24, 2.45) is 0 Å². The molecule has 0 unspecified atom stereocenters. The van der Waals surface area contributed by atoms with Crippen LogP contribution in [-0.4, -0.2) is 26.9 Å². The summed E-state index contributed by atoms with van der Waals surface area (Å²) >= 11 is 0. The molecule has 1 aromatic rings. The van der Waals surface area contributed by atoms with Crippen LogP contribution in [0.4, 0.5) is 11.4 Å². The maximum Gasteiger partial charge on any atom is 0.235 e. The molecule has 1 aliphatic heterocycles. The summed E-state index contributed by atoms with van der Waals surface area (Å²) in [6, 6.07) is 5.17. The van der Waals surface area contributed by atoms with Gasteiger partial charge in [-0.05, 0) is 37.5 Å². The maximum absolute atomic E-state index is 12.1. The van der Waals surface area contributed by atoms with Gasteiger partial charge >= 0.3 is 0 Å². The molecule has 0 bridgehead atoms. The number of nitrogen functional groups attached to an aromatic ring is 1. The summed E-state index contributed by atoms with van der Waals surface area (Å²) in [5, 5.41) is -0.381. The summed E-state index contributed by atoms with van der Waals surface area (Å²) in [7, 11) is -3.35. The molecule has 1 aromatic carbocycles. The van der Waals surface area contributed by atoms with E-state index in [0.29, 0.717) is 37.4 Å². The molecule has 1 fully saturated rings. The van der Waals surface area contributed by atoms with E-state index < -0.39 is 10.0 Å². The van der Waals surface area contributed by atoms with Gasteiger partial charge in [0.1, 0.15) is 0 Å². The van der Waals surface area contributed by atoms with E-state index in [0.717, 1.165) is 5.56 Å². The zero-order valence-corrected chi connectivity index (χ0v) is 11.2. The molecule has 3 N–H and O–H groups in total. The summed E-state index contributed by atoms with van der Waals surface area (Å²) in [5.74, 6) is 0. The van der Waals surface area contributed by atoms with E-state index in [1.807, 2.05) is 6.92 Å². The van der Waals surface area contributed by atoms with E-state index in [4.69, 9.17) is 10.5 Å². The second-order valence-electron chi connectivity index (χ2n) is 4.53. The first-order chi connectivity index (χ1) is 8.49. The number of benzene rings is 1. The average Bonchev–Trinajstić information content (AvgIpc) is 2.35. The zero-order chi connectivity index (χ0) is 13.2. The van der Waals surface area contributed by atoms with E-state index in [2.05, 4.69) is 4.72 Å². The molecule has 18 heavy (non-hydrogen) atoms. The lowest BCUT2D eigenvalue weighted by molar-refractivity contribution is 0.0984. The first-order valence-corrected chi connectivity index (χ1v) is 7.49. The first kappa shape index (κ1) is 13.2. The van der Waals surface area contributed by atoms with Gasteiger partial charge in [-0.25, -0.2) is 8.42 Å². The van der Waals surface area contributed by atoms with Crippen molar-refractivity contribution in [1.29, 1.82) is 0 Å². The molecule has 0 spiro atoms. The van der Waals surface area contributed by atoms with Gasteiger partial charge in [-0.2, -0.15) is 0 Å². The number of ether oxygens (including phenoxy) is 1. The van der Waals surface area contributed by atoms with Gasteiger partial charge in [0, 0.05) is 18.9 Å². The molecular weight excluding hydrogens is 252 g/mol. The van der Waals surface area contributed by atoms with E-state index in [-0.39, 0.29) is 5.25 Å². The molecule has 6 heteroatoms. The van der Waals surface area contributed by atoms with Gasteiger partial charge in [-0.15, -0.1) is 0 Å². The first-order valence-electron chi connectivity index (χ1n) is 5.94. The van der Waals surface area contributed by atoms with Crippen LogP contribution >= 0.6 is 0 Å². The van der Waals surface area contributed by atoms with Crippen molar-refractivity contribution >= 4 is 21.4 Å². The maximum atomic E-state index is 12.1. The molecule has 0 saturated carbocycles. The Morgan fingerprint density at radius 2 is 2.00 bits per heavy atom. The Bertz CT molecular complexity index is 522. The fraction of sp³-hybridized carbons (Fsp3) is 0.500. The zero-order valence-electron chi connectivity index (χ0n) is 10.3. The third kappa shape index (κ3) is 2.94. The Hall–Kier alpha value is -1.27. The van der Waals surface area contributed by atoms with Gasteiger partial charge < -0.3 is 10.5 Å². The fourth-order valence-electron chi connectivity index (χ4n) is 1.94. The molecule has 1 saturated heterocycles. The topological polar surface area (TPSA) is 81.4 Å². The van der Waals surface area contributed by atoms with E-state index in [1.54, 1.807) is 18.2 Å². The Labute approximate surface area is 107 Å². The van der Waals surface area contributed by atoms with Crippen LogP contribution in [0.3, 0.4) is 0 Å².